The number of nitrogens with one attached hydrogen (secondary N) is 1. The average Bonchev–Trinajstić information content (AvgIpc) is 2.57. The lowest BCUT2D eigenvalue weighted by atomic mass is 10.5. The minimum Gasteiger partial charge on any atom is -0.379 e. The van der Waals surface area contributed by atoms with Crippen LogP contribution in [-0.4, -0.2) is 85.8 Å². The molecule has 0 unspecified atom stereocenters. The van der Waals surface area contributed by atoms with Gasteiger partial charge in [0.1, 0.15) is 0 Å². The van der Waals surface area contributed by atoms with Crippen LogP contribution in [0.2, 0.25) is 0 Å². The van der Waals surface area contributed by atoms with Crippen molar-refractivity contribution < 1.29 is 9.47 Å². The SMILES string of the molecule is C1CN(SSN2CCOCC2)CCO1.C1CSCCN1. The summed E-state index contributed by atoms with van der Waals surface area (Å²) in [7, 11) is 3.69. The van der Waals surface area contributed by atoms with E-state index in [2.05, 4.69) is 13.9 Å². The smallest absolute Gasteiger partial charge is 0.0603 e. The minimum absolute atomic E-state index is 0.872. The molecule has 0 bridgehead atoms. The fourth-order valence-electron chi connectivity index (χ4n) is 1.85. The van der Waals surface area contributed by atoms with Crippen LogP contribution in [-0.2, 0) is 9.47 Å². The van der Waals surface area contributed by atoms with Gasteiger partial charge in [-0.05, 0) is 0 Å². The molecule has 3 rings (SSSR count). The highest BCUT2D eigenvalue weighted by molar-refractivity contribution is 8.74. The number of hydrogen-bond donors (Lipinski definition) is 1. The average molecular weight is 340 g/mol. The van der Waals surface area contributed by atoms with Crippen molar-refractivity contribution in [2.24, 2.45) is 0 Å². The van der Waals surface area contributed by atoms with Crippen LogP contribution >= 0.6 is 33.7 Å². The van der Waals surface area contributed by atoms with Crippen LogP contribution in [0.15, 0.2) is 0 Å². The highest BCUT2D eigenvalue weighted by Gasteiger charge is 2.15. The molecule has 5 nitrogen and oxygen atoms in total. The van der Waals surface area contributed by atoms with Crippen LogP contribution in [0.4, 0.5) is 0 Å². The van der Waals surface area contributed by atoms with E-state index in [-0.39, 0.29) is 0 Å². The molecule has 3 saturated heterocycles. The third-order valence-corrected chi connectivity index (χ3v) is 6.70. The molecular formula is C12H25N3O2S3. The van der Waals surface area contributed by atoms with Gasteiger partial charge in [0.25, 0.3) is 0 Å². The fourth-order valence-corrected chi connectivity index (χ4v) is 4.88. The van der Waals surface area contributed by atoms with E-state index < -0.39 is 0 Å². The van der Waals surface area contributed by atoms with Crippen LogP contribution < -0.4 is 5.32 Å². The second-order valence-corrected chi connectivity index (χ2v) is 8.04. The quantitative estimate of drug-likeness (QED) is 0.607. The van der Waals surface area contributed by atoms with E-state index in [1.165, 1.54) is 24.6 Å². The summed E-state index contributed by atoms with van der Waals surface area (Å²) < 4.78 is 15.3. The van der Waals surface area contributed by atoms with Crippen molar-refractivity contribution in [3.63, 3.8) is 0 Å². The zero-order valence-corrected chi connectivity index (χ0v) is 14.4. The molecule has 0 amide bonds. The van der Waals surface area contributed by atoms with E-state index in [1.54, 1.807) is 0 Å². The van der Waals surface area contributed by atoms with Gasteiger partial charge in [0, 0.05) is 72.7 Å². The molecule has 20 heavy (non-hydrogen) atoms. The predicted molar refractivity (Wildman–Crippen MR) is 90.2 cm³/mol. The molecule has 3 heterocycles. The number of thioether (sulfide) groups is 1. The third kappa shape index (κ3) is 7.74. The lowest BCUT2D eigenvalue weighted by Crippen LogP contribution is -2.33. The number of ether oxygens (including phenoxy) is 2. The van der Waals surface area contributed by atoms with E-state index in [4.69, 9.17) is 9.47 Å². The molecule has 0 aromatic rings. The highest BCUT2D eigenvalue weighted by Crippen LogP contribution is 2.30. The Hall–Kier alpha value is 0.850. The summed E-state index contributed by atoms with van der Waals surface area (Å²) in [5.74, 6) is 2.61. The van der Waals surface area contributed by atoms with Crippen molar-refractivity contribution >= 4 is 33.7 Å². The molecule has 0 spiro atoms. The Morgan fingerprint density at radius 2 is 1.20 bits per heavy atom. The molecule has 3 fully saturated rings. The molecule has 0 aromatic carbocycles. The van der Waals surface area contributed by atoms with Crippen LogP contribution in [0, 0.1) is 0 Å². The van der Waals surface area contributed by atoms with E-state index >= 15 is 0 Å². The van der Waals surface area contributed by atoms with Crippen molar-refractivity contribution in [1.82, 2.24) is 13.9 Å². The zero-order chi connectivity index (χ0) is 13.9. The minimum atomic E-state index is 0.872. The topological polar surface area (TPSA) is 37.0 Å². The lowest BCUT2D eigenvalue weighted by Gasteiger charge is -2.29. The van der Waals surface area contributed by atoms with Crippen LogP contribution in [0.5, 0.6) is 0 Å². The first kappa shape index (κ1) is 17.2. The van der Waals surface area contributed by atoms with E-state index in [0.717, 1.165) is 52.6 Å². The first-order valence-electron chi connectivity index (χ1n) is 7.24. The Morgan fingerprint density at radius 3 is 1.50 bits per heavy atom. The first-order chi connectivity index (χ1) is 9.95. The zero-order valence-electron chi connectivity index (χ0n) is 11.9. The molecule has 0 aromatic heterocycles. The third-order valence-electron chi connectivity index (χ3n) is 3.03. The monoisotopic (exact) mass is 339 g/mol. The molecule has 118 valence electrons. The maximum atomic E-state index is 5.29. The lowest BCUT2D eigenvalue weighted by molar-refractivity contribution is 0.0761. The van der Waals surface area contributed by atoms with Gasteiger partial charge in [-0.2, -0.15) is 11.8 Å². The van der Waals surface area contributed by atoms with Gasteiger partial charge in [-0.15, -0.1) is 0 Å². The Labute approximate surface area is 134 Å². The molecule has 0 aliphatic carbocycles. The van der Waals surface area contributed by atoms with E-state index in [0.29, 0.717) is 0 Å². The highest BCUT2D eigenvalue weighted by atomic mass is 33.1. The Kier molecular flexibility index (Phi) is 9.83. The van der Waals surface area contributed by atoms with Crippen LogP contribution in [0.25, 0.3) is 0 Å². The molecule has 3 aliphatic heterocycles. The van der Waals surface area contributed by atoms with Gasteiger partial charge in [0.15, 0.2) is 0 Å². The van der Waals surface area contributed by atoms with Crippen molar-refractivity contribution in [3.05, 3.63) is 0 Å². The van der Waals surface area contributed by atoms with Crippen LogP contribution in [0.3, 0.4) is 0 Å². The van der Waals surface area contributed by atoms with Gasteiger partial charge >= 0.3 is 0 Å². The fraction of sp³-hybridized carbons (Fsp3) is 1.00. The number of morpholine rings is 2. The van der Waals surface area contributed by atoms with Gasteiger partial charge in [-0.3, -0.25) is 0 Å². The molecule has 0 atom stereocenters. The summed E-state index contributed by atoms with van der Waals surface area (Å²) in [4.78, 5) is 0. The summed E-state index contributed by atoms with van der Waals surface area (Å²) in [6.45, 7) is 10.1. The number of rotatable bonds is 3. The summed E-state index contributed by atoms with van der Waals surface area (Å²) in [6.07, 6.45) is 0. The normalized spacial score (nSPS) is 25.8. The van der Waals surface area contributed by atoms with Gasteiger partial charge in [0.2, 0.25) is 0 Å². The van der Waals surface area contributed by atoms with Gasteiger partial charge < -0.3 is 14.8 Å². The predicted octanol–water partition coefficient (Wildman–Crippen LogP) is 1.19. The summed E-state index contributed by atoms with van der Waals surface area (Å²) in [5.41, 5.74) is 0. The number of hydrogen-bond acceptors (Lipinski definition) is 8. The Morgan fingerprint density at radius 1 is 0.750 bits per heavy atom. The molecule has 0 saturated carbocycles. The number of nitrogens with zero attached hydrogens (tertiary/aromatic N) is 2. The maximum Gasteiger partial charge on any atom is 0.0603 e. The van der Waals surface area contributed by atoms with Crippen molar-refractivity contribution in [3.8, 4) is 0 Å². The van der Waals surface area contributed by atoms with E-state index in [1.807, 2.05) is 33.7 Å². The summed E-state index contributed by atoms with van der Waals surface area (Å²) >= 11 is 2.03. The van der Waals surface area contributed by atoms with Gasteiger partial charge in [-0.25, -0.2) is 8.61 Å². The molecule has 0 radical (unpaired) electrons. The summed E-state index contributed by atoms with van der Waals surface area (Å²) in [5, 5.41) is 3.26. The van der Waals surface area contributed by atoms with E-state index in [9.17, 15) is 0 Å². The van der Waals surface area contributed by atoms with Gasteiger partial charge in [-0.1, -0.05) is 0 Å². The molecular weight excluding hydrogens is 314 g/mol. The second kappa shape index (κ2) is 11.4. The molecule has 1 N–H and O–H groups in total. The Bertz CT molecular complexity index is 206. The summed E-state index contributed by atoms with van der Waals surface area (Å²) in [6, 6.07) is 0. The van der Waals surface area contributed by atoms with Gasteiger partial charge in [0.05, 0.1) is 26.4 Å². The van der Waals surface area contributed by atoms with Crippen molar-refractivity contribution in [2.45, 2.75) is 0 Å². The molecule has 3 aliphatic rings. The van der Waals surface area contributed by atoms with Crippen LogP contribution in [0.1, 0.15) is 0 Å². The first-order valence-corrected chi connectivity index (χ1v) is 10.5. The maximum absolute atomic E-state index is 5.29. The standard InChI is InChI=1S/C8H16N2O2S2.C4H9NS/c1-5-11-6-2-9(1)13-14-10-3-7-12-8-4-10;1-3-6-4-2-5-1/h1-8H2;5H,1-4H2. The van der Waals surface area contributed by atoms with Crippen molar-refractivity contribution in [2.75, 3.05) is 77.2 Å². The molecule has 8 heteroatoms. The second-order valence-electron chi connectivity index (χ2n) is 4.59. The van der Waals surface area contributed by atoms with Crippen molar-refractivity contribution in [1.29, 1.82) is 0 Å². The Balaban J connectivity index is 0.000000205. The largest absolute Gasteiger partial charge is 0.379 e.